The molecule has 9 aromatic carbocycles. The molecular formula is C74H68N6. The lowest BCUT2D eigenvalue weighted by Crippen LogP contribution is -2.10. The van der Waals surface area contributed by atoms with Crippen molar-refractivity contribution in [3.05, 3.63) is 222 Å². The smallest absolute Gasteiger partial charge is 0.166 e. The highest BCUT2D eigenvalue weighted by Gasteiger charge is 2.27. The number of hydrogen-bond acceptors (Lipinski definition) is 4. The van der Waals surface area contributed by atoms with Gasteiger partial charge in [-0.3, -0.25) is 0 Å². The molecule has 0 amide bonds. The number of benzene rings is 9. The van der Waals surface area contributed by atoms with E-state index in [0.717, 1.165) is 72.4 Å². The molecule has 0 fully saturated rings. The summed E-state index contributed by atoms with van der Waals surface area (Å²) in [6, 6.07) is 72.3. The van der Waals surface area contributed by atoms with Crippen LogP contribution >= 0.6 is 0 Å². The van der Waals surface area contributed by atoms with Gasteiger partial charge in [-0.25, -0.2) is 15.0 Å². The first-order chi connectivity index (χ1) is 38.1. The van der Waals surface area contributed by atoms with Crippen LogP contribution in [0.1, 0.15) is 111 Å². The molecule has 0 unspecified atom stereocenters. The minimum atomic E-state index is -0.0657. The predicted molar refractivity (Wildman–Crippen MR) is 335 cm³/mol. The first kappa shape index (κ1) is 51.8. The Hall–Kier alpha value is -8.92. The van der Waals surface area contributed by atoms with Gasteiger partial charge in [0.25, 0.3) is 0 Å². The third-order valence-electron chi connectivity index (χ3n) is 16.1. The zero-order chi connectivity index (χ0) is 56.0. The van der Waals surface area contributed by atoms with E-state index in [1.807, 2.05) is 60.7 Å². The van der Waals surface area contributed by atoms with Crippen molar-refractivity contribution in [1.82, 2.24) is 24.1 Å². The van der Waals surface area contributed by atoms with Crippen molar-refractivity contribution in [2.75, 3.05) is 0 Å². The number of nitriles is 1. The second kappa shape index (κ2) is 19.2. The number of aromatic nitrogens is 5. The summed E-state index contributed by atoms with van der Waals surface area (Å²) in [4.78, 5) is 16.1. The minimum absolute atomic E-state index is 0.0563. The lowest BCUT2D eigenvalue weighted by molar-refractivity contribution is 0.590. The molecule has 0 spiro atoms. The number of hydrogen-bond donors (Lipinski definition) is 0. The summed E-state index contributed by atoms with van der Waals surface area (Å²) in [5.41, 5.74) is 18.3. The maximum absolute atomic E-state index is 10.5. The summed E-state index contributed by atoms with van der Waals surface area (Å²) in [6.45, 7) is 27.4. The van der Waals surface area contributed by atoms with Crippen LogP contribution in [0.2, 0.25) is 0 Å². The van der Waals surface area contributed by atoms with Gasteiger partial charge in [0.1, 0.15) is 0 Å². The average Bonchev–Trinajstić information content (AvgIpc) is 4.18. The summed E-state index contributed by atoms with van der Waals surface area (Å²) in [6.07, 6.45) is 0. The molecule has 0 bridgehead atoms. The van der Waals surface area contributed by atoms with Gasteiger partial charge in [0, 0.05) is 43.8 Å². The van der Waals surface area contributed by atoms with Gasteiger partial charge in [0.15, 0.2) is 17.5 Å². The molecule has 12 aromatic rings. The van der Waals surface area contributed by atoms with Gasteiger partial charge >= 0.3 is 0 Å². The molecule has 0 atom stereocenters. The van der Waals surface area contributed by atoms with Crippen LogP contribution in [0.15, 0.2) is 194 Å². The van der Waals surface area contributed by atoms with Gasteiger partial charge in [-0.1, -0.05) is 198 Å². The number of nitrogens with zero attached hydrogens (tertiary/aromatic N) is 6. The van der Waals surface area contributed by atoms with Crippen molar-refractivity contribution >= 4 is 43.6 Å². The van der Waals surface area contributed by atoms with E-state index in [2.05, 4.69) is 232 Å². The second-order valence-electron chi connectivity index (χ2n) is 25.8. The lowest BCUT2D eigenvalue weighted by atomic mass is 9.85. The third-order valence-corrected chi connectivity index (χ3v) is 16.1. The fraction of sp³-hybridized carbons (Fsp3) is 0.216. The summed E-state index contributed by atoms with van der Waals surface area (Å²) in [5, 5.41) is 15.4. The van der Waals surface area contributed by atoms with Crippen LogP contribution in [0.3, 0.4) is 0 Å². The van der Waals surface area contributed by atoms with Crippen molar-refractivity contribution < 1.29 is 0 Å². The lowest BCUT2D eigenvalue weighted by Gasteiger charge is -2.21. The molecule has 0 aliphatic rings. The molecular weight excluding hydrogens is 973 g/mol. The van der Waals surface area contributed by atoms with Crippen LogP contribution in [0.4, 0.5) is 0 Å². The molecule has 0 aliphatic heterocycles. The van der Waals surface area contributed by atoms with Gasteiger partial charge in [0.05, 0.1) is 45.1 Å². The first-order valence-electron chi connectivity index (χ1n) is 28.0. The summed E-state index contributed by atoms with van der Waals surface area (Å²) in [7, 11) is 0. The van der Waals surface area contributed by atoms with Gasteiger partial charge in [-0.15, -0.1) is 0 Å². The maximum Gasteiger partial charge on any atom is 0.166 e. The van der Waals surface area contributed by atoms with E-state index in [0.29, 0.717) is 23.0 Å². The zero-order valence-electron chi connectivity index (χ0n) is 48.2. The fourth-order valence-corrected chi connectivity index (χ4v) is 11.4. The molecule has 6 nitrogen and oxygen atoms in total. The summed E-state index contributed by atoms with van der Waals surface area (Å²) in [5.74, 6) is 1.72. The molecule has 0 saturated carbocycles. The van der Waals surface area contributed by atoms with Crippen molar-refractivity contribution in [3.63, 3.8) is 0 Å². The Morgan fingerprint density at radius 2 is 0.650 bits per heavy atom. The van der Waals surface area contributed by atoms with Gasteiger partial charge in [-0.05, 0) is 139 Å². The van der Waals surface area contributed by atoms with E-state index >= 15 is 0 Å². The quantitative estimate of drug-likeness (QED) is 0.159. The molecule has 394 valence electrons. The van der Waals surface area contributed by atoms with Crippen molar-refractivity contribution in [1.29, 1.82) is 5.26 Å². The van der Waals surface area contributed by atoms with E-state index in [1.54, 1.807) is 0 Å². The number of rotatable bonds is 7. The van der Waals surface area contributed by atoms with Crippen LogP contribution in [-0.2, 0) is 21.7 Å². The molecule has 0 saturated heterocycles. The normalized spacial score (nSPS) is 12.5. The van der Waals surface area contributed by atoms with E-state index in [1.165, 1.54) is 43.8 Å². The highest BCUT2D eigenvalue weighted by Crippen LogP contribution is 2.45. The molecule has 6 heteroatoms. The molecule has 80 heavy (non-hydrogen) atoms. The van der Waals surface area contributed by atoms with Gasteiger partial charge < -0.3 is 9.13 Å². The van der Waals surface area contributed by atoms with Crippen LogP contribution in [-0.4, -0.2) is 24.1 Å². The third kappa shape index (κ3) is 9.25. The topological polar surface area (TPSA) is 72.3 Å². The Kier molecular flexibility index (Phi) is 12.4. The van der Waals surface area contributed by atoms with Crippen LogP contribution in [0.25, 0.3) is 111 Å². The molecule has 0 radical (unpaired) electrons. The molecule has 3 aromatic heterocycles. The minimum Gasteiger partial charge on any atom is -0.309 e. The van der Waals surface area contributed by atoms with E-state index < -0.39 is 0 Å². The Morgan fingerprint density at radius 3 is 1.04 bits per heavy atom. The molecule has 3 heterocycles. The average molecular weight is 1040 g/mol. The Bertz CT molecular complexity index is 4240. The van der Waals surface area contributed by atoms with E-state index in [4.69, 9.17) is 15.0 Å². The largest absolute Gasteiger partial charge is 0.309 e. The van der Waals surface area contributed by atoms with Gasteiger partial charge in [0.2, 0.25) is 0 Å². The Morgan fingerprint density at radius 1 is 0.312 bits per heavy atom. The van der Waals surface area contributed by atoms with Crippen LogP contribution < -0.4 is 0 Å². The van der Waals surface area contributed by atoms with Crippen molar-refractivity contribution in [3.8, 4) is 73.9 Å². The van der Waals surface area contributed by atoms with E-state index in [9.17, 15) is 5.26 Å². The predicted octanol–water partition coefficient (Wildman–Crippen LogP) is 19.5. The van der Waals surface area contributed by atoms with Crippen molar-refractivity contribution in [2.24, 2.45) is 0 Å². The first-order valence-corrected chi connectivity index (χ1v) is 28.0. The second-order valence-corrected chi connectivity index (χ2v) is 25.8. The standard InChI is InChI=1S/C74H68N6/c1-71(2,3)51-29-35-63-57(41-51)58-42-52(72(4,5)6)30-36-64(58)79(63)62-33-27-48(55-26-20-19-25-50(55)45-75)39-56(62)49-28-34-67(61(40-49)70-77-68(46-21-15-13-16-22-46)76-69(78-70)47-23-17-14-18-24-47)80-65-37-31-53(73(7,8)9)43-59(65)60-44-54(74(10,11)12)32-38-66(60)80/h13-44H,1-12H3. The highest BCUT2D eigenvalue weighted by molar-refractivity contribution is 6.12. The molecule has 0 N–H and O–H groups in total. The monoisotopic (exact) mass is 1040 g/mol. The molecule has 0 aliphatic carbocycles. The summed E-state index contributed by atoms with van der Waals surface area (Å²) < 4.78 is 4.87. The summed E-state index contributed by atoms with van der Waals surface area (Å²) >= 11 is 0. The highest BCUT2D eigenvalue weighted by atomic mass is 15.1. The Balaban J connectivity index is 1.21. The number of fused-ring (bicyclic) bond motifs is 6. The van der Waals surface area contributed by atoms with Crippen molar-refractivity contribution in [2.45, 2.75) is 105 Å². The zero-order valence-corrected chi connectivity index (χ0v) is 48.2. The fourth-order valence-electron chi connectivity index (χ4n) is 11.4. The van der Waals surface area contributed by atoms with Gasteiger partial charge in [-0.2, -0.15) is 5.26 Å². The van der Waals surface area contributed by atoms with E-state index in [-0.39, 0.29) is 21.7 Å². The SMILES string of the molecule is CC(C)(C)c1ccc2c(c1)c1cc(C(C)(C)C)ccc1n2-c1ccc(-c2ccccc2C#N)cc1-c1ccc(-n2c3ccc(C(C)(C)C)cc3c3cc(C(C)(C)C)ccc32)c(-c2nc(-c3ccccc3)nc(-c3ccccc3)n2)c1. The molecule has 12 rings (SSSR count). The van der Waals surface area contributed by atoms with Crippen LogP contribution in [0.5, 0.6) is 0 Å². The Labute approximate surface area is 471 Å². The maximum atomic E-state index is 10.5. The van der Waals surface area contributed by atoms with Crippen LogP contribution in [0, 0.1) is 11.3 Å².